The fourth-order valence-electron chi connectivity index (χ4n) is 1.35. The summed E-state index contributed by atoms with van der Waals surface area (Å²) >= 11 is 0. The van der Waals surface area contributed by atoms with Crippen LogP contribution in [0.15, 0.2) is 12.1 Å². The average Bonchev–Trinajstić information content (AvgIpc) is 2.21. The van der Waals surface area contributed by atoms with E-state index in [1.807, 2.05) is 0 Å². The number of anilines is 2. The second-order valence-electron chi connectivity index (χ2n) is 3.37. The fraction of sp³-hybridized carbons (Fsp3) is 0.400. The minimum Gasteiger partial charge on any atom is -0.432 e. The number of halogens is 3. The molecule has 0 radical (unpaired) electrons. The highest BCUT2D eigenvalue weighted by Crippen LogP contribution is 2.31. The second-order valence-corrected chi connectivity index (χ2v) is 3.37. The summed E-state index contributed by atoms with van der Waals surface area (Å²) in [7, 11) is 1.59. The van der Waals surface area contributed by atoms with Crippen molar-refractivity contribution in [2.45, 2.75) is 6.61 Å². The van der Waals surface area contributed by atoms with Gasteiger partial charge in [0.15, 0.2) is 11.6 Å². The first kappa shape index (κ1) is 13.4. The van der Waals surface area contributed by atoms with Crippen LogP contribution >= 0.6 is 0 Å². The van der Waals surface area contributed by atoms with Crippen LogP contribution in [0, 0.1) is 5.82 Å². The van der Waals surface area contributed by atoms with Crippen molar-refractivity contribution in [3.8, 4) is 5.75 Å². The van der Waals surface area contributed by atoms with E-state index in [-0.39, 0.29) is 18.8 Å². The first-order chi connectivity index (χ1) is 7.95. The van der Waals surface area contributed by atoms with E-state index in [1.54, 1.807) is 7.05 Å². The maximum absolute atomic E-state index is 13.2. The fourth-order valence-corrected chi connectivity index (χ4v) is 1.35. The molecule has 1 aromatic carbocycles. The van der Waals surface area contributed by atoms with E-state index in [2.05, 4.69) is 4.74 Å². The van der Waals surface area contributed by atoms with Gasteiger partial charge in [-0.2, -0.15) is 8.78 Å². The molecular weight excluding hydrogens is 237 g/mol. The van der Waals surface area contributed by atoms with E-state index < -0.39 is 18.2 Å². The van der Waals surface area contributed by atoms with Gasteiger partial charge in [0.05, 0.1) is 18.0 Å². The molecule has 0 aliphatic rings. The molecule has 1 aromatic rings. The Kier molecular flexibility index (Phi) is 4.45. The smallest absolute Gasteiger partial charge is 0.387 e. The highest BCUT2D eigenvalue weighted by atomic mass is 19.3. The number of aliphatic hydroxyl groups excluding tert-OH is 1. The summed E-state index contributed by atoms with van der Waals surface area (Å²) in [4.78, 5) is 1.51. The Morgan fingerprint density at radius 3 is 2.65 bits per heavy atom. The van der Waals surface area contributed by atoms with Gasteiger partial charge in [-0.25, -0.2) is 4.39 Å². The molecule has 0 heterocycles. The van der Waals surface area contributed by atoms with E-state index >= 15 is 0 Å². The number of benzene rings is 1. The summed E-state index contributed by atoms with van der Waals surface area (Å²) in [6.45, 7) is -3.01. The Morgan fingerprint density at radius 2 is 2.12 bits per heavy atom. The Labute approximate surface area is 96.4 Å². The molecule has 0 aliphatic carbocycles. The number of hydrogen-bond acceptors (Lipinski definition) is 4. The minimum absolute atomic E-state index is 0.0834. The maximum Gasteiger partial charge on any atom is 0.387 e. The lowest BCUT2D eigenvalue weighted by atomic mass is 10.2. The highest BCUT2D eigenvalue weighted by Gasteiger charge is 2.15. The number of likely N-dealkylation sites (N-methyl/N-ethyl adjacent to an activating group) is 1. The topological polar surface area (TPSA) is 58.7 Å². The predicted molar refractivity (Wildman–Crippen MR) is 57.8 cm³/mol. The van der Waals surface area contributed by atoms with E-state index in [4.69, 9.17) is 10.8 Å². The molecule has 0 bridgehead atoms. The zero-order valence-electron chi connectivity index (χ0n) is 9.16. The highest BCUT2D eigenvalue weighted by molar-refractivity contribution is 5.69. The zero-order chi connectivity index (χ0) is 13.0. The lowest BCUT2D eigenvalue weighted by Gasteiger charge is -2.21. The normalized spacial score (nSPS) is 10.7. The van der Waals surface area contributed by atoms with Gasteiger partial charge in [0.1, 0.15) is 0 Å². The minimum atomic E-state index is -3.11. The van der Waals surface area contributed by atoms with Crippen molar-refractivity contribution in [2.24, 2.45) is 0 Å². The number of aliphatic hydroxyl groups is 1. The van der Waals surface area contributed by atoms with E-state index in [0.717, 1.165) is 12.1 Å². The van der Waals surface area contributed by atoms with Crippen molar-refractivity contribution in [1.29, 1.82) is 0 Å². The molecule has 0 aliphatic heterocycles. The SMILES string of the molecule is CN(CCO)c1cc(OC(F)F)c(F)cc1N. The summed E-state index contributed by atoms with van der Waals surface area (Å²) in [5.74, 6) is -1.53. The number of nitrogens with zero attached hydrogens (tertiary/aromatic N) is 1. The summed E-state index contributed by atoms with van der Waals surface area (Å²) in [5, 5.41) is 8.75. The van der Waals surface area contributed by atoms with Crippen molar-refractivity contribution < 1.29 is 23.0 Å². The molecule has 0 spiro atoms. The molecular formula is C10H13F3N2O2. The van der Waals surface area contributed by atoms with Gasteiger partial charge < -0.3 is 20.5 Å². The molecule has 0 unspecified atom stereocenters. The van der Waals surface area contributed by atoms with Crippen LogP contribution in [0.4, 0.5) is 24.5 Å². The summed E-state index contributed by atoms with van der Waals surface area (Å²) in [6.07, 6.45) is 0. The van der Waals surface area contributed by atoms with Crippen molar-refractivity contribution in [2.75, 3.05) is 30.8 Å². The summed E-state index contributed by atoms with van der Waals surface area (Å²) in [5.41, 5.74) is 5.95. The average molecular weight is 250 g/mol. The molecule has 0 fully saturated rings. The monoisotopic (exact) mass is 250 g/mol. The maximum atomic E-state index is 13.2. The van der Waals surface area contributed by atoms with Crippen LogP contribution in [-0.2, 0) is 0 Å². The lowest BCUT2D eigenvalue weighted by molar-refractivity contribution is -0.0521. The van der Waals surface area contributed by atoms with Gasteiger partial charge in [-0.3, -0.25) is 0 Å². The molecule has 1 rings (SSSR count). The third kappa shape index (κ3) is 3.42. The molecule has 7 heteroatoms. The van der Waals surface area contributed by atoms with Crippen LogP contribution in [0.1, 0.15) is 0 Å². The molecule has 0 aromatic heterocycles. The van der Waals surface area contributed by atoms with Gasteiger partial charge in [0.2, 0.25) is 0 Å². The van der Waals surface area contributed by atoms with Crippen molar-refractivity contribution >= 4 is 11.4 Å². The Bertz CT molecular complexity index is 388. The van der Waals surface area contributed by atoms with Crippen LogP contribution < -0.4 is 15.4 Å². The number of nitrogen functional groups attached to an aromatic ring is 1. The van der Waals surface area contributed by atoms with Gasteiger partial charge >= 0.3 is 6.61 Å². The van der Waals surface area contributed by atoms with Gasteiger partial charge in [0.25, 0.3) is 0 Å². The number of rotatable bonds is 5. The van der Waals surface area contributed by atoms with Gasteiger partial charge in [-0.1, -0.05) is 0 Å². The molecule has 17 heavy (non-hydrogen) atoms. The predicted octanol–water partition coefficient (Wildman–Crippen LogP) is 1.44. The quantitative estimate of drug-likeness (QED) is 0.776. The van der Waals surface area contributed by atoms with E-state index in [0.29, 0.717) is 5.69 Å². The molecule has 3 N–H and O–H groups in total. The van der Waals surface area contributed by atoms with E-state index in [9.17, 15) is 13.2 Å². The largest absolute Gasteiger partial charge is 0.432 e. The molecule has 0 amide bonds. The van der Waals surface area contributed by atoms with Gasteiger partial charge in [-0.15, -0.1) is 0 Å². The molecule has 96 valence electrons. The van der Waals surface area contributed by atoms with Crippen LogP contribution in [0.25, 0.3) is 0 Å². The van der Waals surface area contributed by atoms with Crippen molar-refractivity contribution in [3.05, 3.63) is 17.9 Å². The molecule has 0 saturated carbocycles. The first-order valence-corrected chi connectivity index (χ1v) is 4.81. The van der Waals surface area contributed by atoms with E-state index in [1.165, 1.54) is 4.90 Å². The standard InChI is InChI=1S/C10H13F3N2O2/c1-15(2-3-16)8-5-9(17-10(12)13)6(11)4-7(8)14/h4-5,10,16H,2-3,14H2,1H3. The van der Waals surface area contributed by atoms with Gasteiger partial charge in [-0.05, 0) is 0 Å². The Hall–Kier alpha value is -1.63. The van der Waals surface area contributed by atoms with Crippen LogP contribution in [0.3, 0.4) is 0 Å². The summed E-state index contributed by atoms with van der Waals surface area (Å²) in [6, 6.07) is 1.98. The number of nitrogens with two attached hydrogens (primary N) is 1. The molecule has 0 saturated heterocycles. The number of alkyl halides is 2. The van der Waals surface area contributed by atoms with Gasteiger partial charge in [0, 0.05) is 25.7 Å². The molecule has 0 atom stereocenters. The Morgan fingerprint density at radius 1 is 1.47 bits per heavy atom. The van der Waals surface area contributed by atoms with Crippen molar-refractivity contribution in [3.63, 3.8) is 0 Å². The molecule has 4 nitrogen and oxygen atoms in total. The number of hydrogen-bond donors (Lipinski definition) is 2. The number of ether oxygens (including phenoxy) is 1. The van der Waals surface area contributed by atoms with Crippen LogP contribution in [-0.4, -0.2) is 31.9 Å². The second kappa shape index (κ2) is 5.62. The summed E-state index contributed by atoms with van der Waals surface area (Å²) < 4.78 is 41.3. The Balaban J connectivity index is 3.05. The lowest BCUT2D eigenvalue weighted by Crippen LogP contribution is -2.22. The van der Waals surface area contributed by atoms with Crippen LogP contribution in [0.2, 0.25) is 0 Å². The van der Waals surface area contributed by atoms with Crippen molar-refractivity contribution in [1.82, 2.24) is 0 Å². The van der Waals surface area contributed by atoms with Crippen LogP contribution in [0.5, 0.6) is 5.75 Å². The third-order valence-corrected chi connectivity index (χ3v) is 2.14. The first-order valence-electron chi connectivity index (χ1n) is 4.81. The zero-order valence-corrected chi connectivity index (χ0v) is 9.16. The third-order valence-electron chi connectivity index (χ3n) is 2.14.